The van der Waals surface area contributed by atoms with Crippen LogP contribution in [0.25, 0.3) is 0 Å². The third-order valence-corrected chi connectivity index (χ3v) is 4.62. The standard InChI is InChI=1S/C17H20FN3O2S/c18-14-3-1-2-13(10-14)4-5-16(22)20-17-19-15(12-24-17)11-21-6-8-23-9-7-21/h1-3,10,12H,4-9,11H2,(H,19,20,22). The molecule has 1 aliphatic rings. The molecule has 24 heavy (non-hydrogen) atoms. The maximum absolute atomic E-state index is 13.1. The molecule has 1 amide bonds. The first-order valence-corrected chi connectivity index (χ1v) is 8.86. The molecule has 0 atom stereocenters. The van der Waals surface area contributed by atoms with Crippen LogP contribution in [0.5, 0.6) is 0 Å². The van der Waals surface area contributed by atoms with Crippen molar-refractivity contribution >= 4 is 22.4 Å². The molecule has 7 heteroatoms. The van der Waals surface area contributed by atoms with E-state index < -0.39 is 0 Å². The molecule has 0 radical (unpaired) electrons. The third kappa shape index (κ3) is 5.09. The molecule has 3 rings (SSSR count). The van der Waals surface area contributed by atoms with E-state index >= 15 is 0 Å². The van der Waals surface area contributed by atoms with Crippen LogP contribution in [0.1, 0.15) is 17.7 Å². The average molecular weight is 349 g/mol. The molecule has 1 saturated heterocycles. The SMILES string of the molecule is O=C(CCc1cccc(F)c1)Nc1nc(CN2CCOCC2)cs1. The van der Waals surface area contributed by atoms with Crippen LogP contribution >= 0.6 is 11.3 Å². The number of thiazole rings is 1. The quantitative estimate of drug-likeness (QED) is 0.871. The summed E-state index contributed by atoms with van der Waals surface area (Å²) < 4.78 is 18.4. The van der Waals surface area contributed by atoms with Crippen LogP contribution in [-0.4, -0.2) is 42.1 Å². The lowest BCUT2D eigenvalue weighted by molar-refractivity contribution is -0.116. The number of carbonyl (C=O) groups is 1. The summed E-state index contributed by atoms with van der Waals surface area (Å²) in [4.78, 5) is 18.7. The second kappa shape index (κ2) is 8.32. The van der Waals surface area contributed by atoms with Crippen LogP contribution < -0.4 is 5.32 Å². The molecule has 0 unspecified atom stereocenters. The van der Waals surface area contributed by atoms with E-state index in [1.165, 1.54) is 23.5 Å². The maximum Gasteiger partial charge on any atom is 0.226 e. The summed E-state index contributed by atoms with van der Waals surface area (Å²) in [7, 11) is 0. The second-order valence-electron chi connectivity index (χ2n) is 5.71. The van der Waals surface area contributed by atoms with E-state index in [1.54, 1.807) is 6.07 Å². The Morgan fingerprint density at radius 1 is 1.38 bits per heavy atom. The van der Waals surface area contributed by atoms with Crippen LogP contribution in [0, 0.1) is 5.82 Å². The number of benzene rings is 1. The minimum absolute atomic E-state index is 0.105. The number of halogens is 1. The molecule has 0 aliphatic carbocycles. The Labute approximate surface area is 144 Å². The molecule has 1 aliphatic heterocycles. The van der Waals surface area contributed by atoms with E-state index in [-0.39, 0.29) is 11.7 Å². The van der Waals surface area contributed by atoms with Gasteiger partial charge in [0.2, 0.25) is 5.91 Å². The molecule has 0 saturated carbocycles. The van der Waals surface area contributed by atoms with Gasteiger partial charge in [-0.05, 0) is 24.1 Å². The molecule has 1 aromatic heterocycles. The molecule has 5 nitrogen and oxygen atoms in total. The number of aromatic nitrogens is 1. The van der Waals surface area contributed by atoms with Gasteiger partial charge in [-0.2, -0.15) is 0 Å². The van der Waals surface area contributed by atoms with Crippen LogP contribution in [0.2, 0.25) is 0 Å². The van der Waals surface area contributed by atoms with Crippen LogP contribution in [0.3, 0.4) is 0 Å². The predicted molar refractivity (Wildman–Crippen MR) is 91.6 cm³/mol. The lowest BCUT2D eigenvalue weighted by Gasteiger charge is -2.25. The van der Waals surface area contributed by atoms with E-state index in [9.17, 15) is 9.18 Å². The summed E-state index contributed by atoms with van der Waals surface area (Å²) in [5.41, 5.74) is 1.78. The summed E-state index contributed by atoms with van der Waals surface area (Å²) in [6.07, 6.45) is 0.817. The molecule has 2 heterocycles. The highest BCUT2D eigenvalue weighted by atomic mass is 32.1. The molecule has 0 bridgehead atoms. The first kappa shape index (κ1) is 17.0. The van der Waals surface area contributed by atoms with Gasteiger partial charge < -0.3 is 10.1 Å². The van der Waals surface area contributed by atoms with Crippen molar-refractivity contribution in [1.29, 1.82) is 0 Å². The van der Waals surface area contributed by atoms with Gasteiger partial charge in [-0.25, -0.2) is 9.37 Å². The van der Waals surface area contributed by atoms with Crippen LogP contribution in [0.4, 0.5) is 9.52 Å². The molecule has 1 N–H and O–H groups in total. The van der Waals surface area contributed by atoms with Crippen molar-refractivity contribution in [3.63, 3.8) is 0 Å². The third-order valence-electron chi connectivity index (χ3n) is 3.82. The molecule has 1 aromatic carbocycles. The minimum atomic E-state index is -0.277. The smallest absolute Gasteiger partial charge is 0.226 e. The normalized spacial score (nSPS) is 15.4. The Morgan fingerprint density at radius 2 is 2.21 bits per heavy atom. The molecule has 1 fully saturated rings. The van der Waals surface area contributed by atoms with Gasteiger partial charge in [0, 0.05) is 31.4 Å². The van der Waals surface area contributed by atoms with Crippen LogP contribution in [-0.2, 0) is 22.5 Å². The summed E-state index contributed by atoms with van der Waals surface area (Å²) in [6.45, 7) is 4.11. The van der Waals surface area contributed by atoms with Gasteiger partial charge in [0.25, 0.3) is 0 Å². The van der Waals surface area contributed by atoms with Crippen LogP contribution in [0.15, 0.2) is 29.6 Å². The Morgan fingerprint density at radius 3 is 3.00 bits per heavy atom. The van der Waals surface area contributed by atoms with E-state index in [1.807, 2.05) is 11.4 Å². The lowest BCUT2D eigenvalue weighted by Crippen LogP contribution is -2.35. The molecular weight excluding hydrogens is 329 g/mol. The fourth-order valence-electron chi connectivity index (χ4n) is 2.56. The largest absolute Gasteiger partial charge is 0.379 e. The summed E-state index contributed by atoms with van der Waals surface area (Å²) in [6, 6.07) is 6.33. The van der Waals surface area contributed by atoms with E-state index in [2.05, 4.69) is 15.2 Å². The van der Waals surface area contributed by atoms with Crippen molar-refractivity contribution in [1.82, 2.24) is 9.88 Å². The number of aryl methyl sites for hydroxylation is 1. The number of hydrogen-bond donors (Lipinski definition) is 1. The zero-order valence-corrected chi connectivity index (χ0v) is 14.2. The predicted octanol–water partition coefficient (Wildman–Crippen LogP) is 2.69. The zero-order valence-electron chi connectivity index (χ0n) is 13.3. The summed E-state index contributed by atoms with van der Waals surface area (Å²) >= 11 is 1.43. The maximum atomic E-state index is 13.1. The molecule has 2 aromatic rings. The van der Waals surface area contributed by atoms with Gasteiger partial charge in [-0.15, -0.1) is 11.3 Å². The zero-order chi connectivity index (χ0) is 16.8. The number of carbonyl (C=O) groups excluding carboxylic acids is 1. The van der Waals surface area contributed by atoms with Crippen molar-refractivity contribution in [2.45, 2.75) is 19.4 Å². The van der Waals surface area contributed by atoms with Gasteiger partial charge in [0.05, 0.1) is 18.9 Å². The van der Waals surface area contributed by atoms with Gasteiger partial charge in [0.1, 0.15) is 5.82 Å². The topological polar surface area (TPSA) is 54.5 Å². The number of amides is 1. The van der Waals surface area contributed by atoms with E-state index in [0.29, 0.717) is 18.0 Å². The van der Waals surface area contributed by atoms with E-state index in [4.69, 9.17) is 4.74 Å². The monoisotopic (exact) mass is 349 g/mol. The molecule has 0 spiro atoms. The highest BCUT2D eigenvalue weighted by Crippen LogP contribution is 2.18. The molecular formula is C17H20FN3O2S. The fraction of sp³-hybridized carbons (Fsp3) is 0.412. The van der Waals surface area contributed by atoms with Gasteiger partial charge in [0.15, 0.2) is 5.13 Å². The Kier molecular flexibility index (Phi) is 5.90. The van der Waals surface area contributed by atoms with Crippen molar-refractivity contribution in [3.05, 3.63) is 46.7 Å². The Bertz CT molecular complexity index is 686. The fourth-order valence-corrected chi connectivity index (χ4v) is 3.28. The number of hydrogen-bond acceptors (Lipinski definition) is 5. The van der Waals surface area contributed by atoms with Gasteiger partial charge in [-0.3, -0.25) is 9.69 Å². The number of anilines is 1. The van der Waals surface area contributed by atoms with Crippen molar-refractivity contribution < 1.29 is 13.9 Å². The Hall–Kier alpha value is -1.83. The number of morpholine rings is 1. The molecule has 128 valence electrons. The van der Waals surface area contributed by atoms with Gasteiger partial charge >= 0.3 is 0 Å². The number of nitrogens with one attached hydrogen (secondary N) is 1. The van der Waals surface area contributed by atoms with E-state index in [0.717, 1.165) is 44.1 Å². The number of rotatable bonds is 6. The summed E-state index contributed by atoms with van der Waals surface area (Å²) in [5.74, 6) is -0.382. The first-order valence-electron chi connectivity index (χ1n) is 7.98. The minimum Gasteiger partial charge on any atom is -0.379 e. The lowest BCUT2D eigenvalue weighted by atomic mass is 10.1. The summed E-state index contributed by atoms with van der Waals surface area (Å²) in [5, 5.41) is 5.40. The van der Waals surface area contributed by atoms with Crippen molar-refractivity contribution in [3.8, 4) is 0 Å². The van der Waals surface area contributed by atoms with Crippen molar-refractivity contribution in [2.24, 2.45) is 0 Å². The Balaban J connectivity index is 1.46. The van der Waals surface area contributed by atoms with Gasteiger partial charge in [-0.1, -0.05) is 12.1 Å². The highest BCUT2D eigenvalue weighted by molar-refractivity contribution is 7.13. The number of nitrogens with zero attached hydrogens (tertiary/aromatic N) is 2. The van der Waals surface area contributed by atoms with Crippen molar-refractivity contribution in [2.75, 3.05) is 31.6 Å². The number of ether oxygens (including phenoxy) is 1. The highest BCUT2D eigenvalue weighted by Gasteiger charge is 2.13. The average Bonchev–Trinajstić information content (AvgIpc) is 3.01. The first-order chi connectivity index (χ1) is 11.7. The second-order valence-corrected chi connectivity index (χ2v) is 6.57.